The van der Waals surface area contributed by atoms with Crippen LogP contribution in [0.25, 0.3) is 0 Å². The number of ether oxygens (including phenoxy) is 5. The number of hydrogen-bond donors (Lipinski definition) is 9. The molecule has 0 atom stereocenters. The number of aliphatic imine (C=N–C) groups is 1. The Hall–Kier alpha value is -2.98. The molecule has 3 amide bonds. The average Bonchev–Trinajstić information content (AvgIpc) is 4.53. The van der Waals surface area contributed by atoms with Gasteiger partial charge in [0.05, 0.1) is 52.8 Å². The summed E-state index contributed by atoms with van der Waals surface area (Å²) in [5, 5.41) is 28.4. The Balaban J connectivity index is -0.0000000329. The predicted molar refractivity (Wildman–Crippen MR) is 423 cm³/mol. The number of hydrogen-bond acceptors (Lipinski definition) is 22. The number of hydroxylamine groups is 2. The van der Waals surface area contributed by atoms with E-state index in [4.69, 9.17) is 19.0 Å². The van der Waals surface area contributed by atoms with E-state index in [-0.39, 0.29) is 18.9 Å². The van der Waals surface area contributed by atoms with Crippen LogP contribution in [0.2, 0.25) is 0 Å². The standard InChI is InChI=1S/C3H6N2O.C3H8N2.C3H5NO2.2C3H7NO.C3H6O2.C3H6S2.C2H5N3.C2H4N2O.C2H3NO2.20C2H6/c6-3-4-1-2-5-3;1-2-5-3-4-1;5-3-4-1-2-6-3;1-2-5-3-4-1;1-2-4-5-3-1;2*1-2-5-3-4-1;1-2-4-5-3-1;1-3-2-5-4-1;1-3-5-2-4-1;20*1-2/h1-2H2,(H2,4,5,6);4-5H,1-3H2;1-2H2,(H,4,5);2*4H,1-3H2;2*1-3H2;1-2H2,(H,3,4);1H,2H2,(H,3,4);1H,2H2;20*1-2H3. The Bertz CT molecular complexity index is 725. The van der Waals surface area contributed by atoms with Crippen LogP contribution in [0.15, 0.2) is 20.5 Å². The summed E-state index contributed by atoms with van der Waals surface area (Å²) in [5.74, 6) is 2.76. The second-order valence-electron chi connectivity index (χ2n) is 9.64. The average molecular weight is 1390 g/mol. The highest BCUT2D eigenvalue weighted by atomic mass is 32.2. The molecule has 0 radical (unpaired) electrons. The number of cyclic esters (lactones) is 1. The van der Waals surface area contributed by atoms with Crippen molar-refractivity contribution >= 4 is 48.4 Å². The molecule has 23 nitrogen and oxygen atoms in total. The lowest BCUT2D eigenvalue weighted by molar-refractivity contribution is 0.0595. The third kappa shape index (κ3) is 247. The van der Waals surface area contributed by atoms with Crippen LogP contribution in [0, 0.1) is 0 Å². The molecule has 9 N–H and O–H groups in total. The van der Waals surface area contributed by atoms with E-state index in [1.807, 2.05) is 300 Å². The molecule has 25 heteroatoms. The molecule has 92 heavy (non-hydrogen) atoms. The maximum Gasteiger partial charge on any atom is 0.407 e. The van der Waals surface area contributed by atoms with Crippen molar-refractivity contribution in [2.45, 2.75) is 283 Å². The fourth-order valence-electron chi connectivity index (χ4n) is 3.10. The lowest BCUT2D eigenvalue weighted by Gasteiger charge is -1.80. The van der Waals surface area contributed by atoms with Gasteiger partial charge in [-0.1, -0.05) is 287 Å². The molecule has 7 fully saturated rings. The summed E-state index contributed by atoms with van der Waals surface area (Å²) in [6.07, 6.45) is 3.65. The maximum absolute atomic E-state index is 10.0. The summed E-state index contributed by atoms with van der Waals surface area (Å²) < 4.78 is 23.1. The molecule has 582 valence electrons. The molecule has 0 spiro atoms. The number of nitrogens with one attached hydrogen (secondary N) is 9. The van der Waals surface area contributed by atoms with Crippen LogP contribution in [0.1, 0.15) is 283 Å². The van der Waals surface area contributed by atoms with E-state index in [1.165, 1.54) is 35.8 Å². The molecular formula is C67H177N13O10S2. The fourth-order valence-corrected chi connectivity index (χ4v) is 5.46. The van der Waals surface area contributed by atoms with E-state index >= 15 is 0 Å². The zero-order chi connectivity index (χ0) is 77.1. The third-order valence-corrected chi connectivity index (χ3v) is 8.08. The molecule has 0 aromatic carbocycles. The van der Waals surface area contributed by atoms with Crippen LogP contribution < -0.4 is 48.3 Å². The van der Waals surface area contributed by atoms with Gasteiger partial charge < -0.3 is 59.9 Å². The van der Waals surface area contributed by atoms with E-state index < -0.39 is 0 Å². The number of carbonyl (C=O) groups excluding carboxylic acids is 2. The monoisotopic (exact) mass is 1390 g/mol. The zero-order valence-electron chi connectivity index (χ0n) is 69.6. The van der Waals surface area contributed by atoms with Crippen molar-refractivity contribution in [1.29, 1.82) is 0 Å². The topological polar surface area (TPSA) is 266 Å². The normalized spacial score (nSPS) is 13.4. The number of carbonyl (C=O) groups is 2. The lowest BCUT2D eigenvalue weighted by Crippen LogP contribution is -2.20. The highest BCUT2D eigenvalue weighted by Gasteiger charge is 2.06. The van der Waals surface area contributed by atoms with Crippen LogP contribution in [0.3, 0.4) is 0 Å². The molecule has 0 bridgehead atoms. The van der Waals surface area contributed by atoms with E-state index in [9.17, 15) is 9.59 Å². The molecule has 0 aromatic heterocycles. The van der Waals surface area contributed by atoms with Crippen molar-refractivity contribution in [1.82, 2.24) is 48.3 Å². The van der Waals surface area contributed by atoms with Crippen LogP contribution in [0.4, 0.5) is 9.59 Å². The molecule has 0 unspecified atom stereocenters. The minimum Gasteiger partial charge on any atom is -0.448 e. The summed E-state index contributed by atoms with van der Waals surface area (Å²) in [7, 11) is 0. The molecule has 10 heterocycles. The van der Waals surface area contributed by atoms with Gasteiger partial charge in [0, 0.05) is 62.5 Å². The maximum atomic E-state index is 10.0. The number of nitrogens with zero attached hydrogens (tertiary/aromatic N) is 4. The van der Waals surface area contributed by atoms with Crippen molar-refractivity contribution in [3.8, 4) is 0 Å². The van der Waals surface area contributed by atoms with Gasteiger partial charge >= 0.3 is 12.1 Å². The molecule has 10 aliphatic heterocycles. The van der Waals surface area contributed by atoms with Crippen LogP contribution in [0.5, 0.6) is 0 Å². The van der Waals surface area contributed by atoms with Gasteiger partial charge in [0.1, 0.15) is 19.7 Å². The lowest BCUT2D eigenvalue weighted by atomic mass is 10.5. The Morgan fingerprint density at radius 2 is 0.891 bits per heavy atom. The Kier molecular flexibility index (Phi) is 403. The van der Waals surface area contributed by atoms with Gasteiger partial charge in [-0.2, -0.15) is 28.6 Å². The molecule has 0 saturated carbocycles. The number of oxime groups is 1. The Labute approximate surface area is 587 Å². The number of urea groups is 1. The molecule has 0 aliphatic carbocycles. The van der Waals surface area contributed by atoms with Gasteiger partial charge in [0.15, 0.2) is 6.73 Å². The van der Waals surface area contributed by atoms with Crippen molar-refractivity contribution in [2.24, 2.45) is 20.5 Å². The van der Waals surface area contributed by atoms with Gasteiger partial charge in [-0.25, -0.2) is 20.1 Å². The number of alkyl carbamates (subject to hydrolysis) is 1. The molecule has 7 saturated heterocycles. The molecule has 10 aliphatic rings. The number of amides is 3. The number of rotatable bonds is 0. The first kappa shape index (κ1) is 145. The van der Waals surface area contributed by atoms with Crippen molar-refractivity contribution in [3.05, 3.63) is 0 Å². The SMILES string of the molecule is C1=NCON1.C1=NOCO1.C1CNCN1.C1CNN=N1.C1CNOC1.C1COCN1.C1COCO1.C1CSCS1.CC.CC.CC.CC.CC.CC.CC.CC.CC.CC.CC.CC.CC.CC.CC.CC.CC.CC.CC.CC.O=C1NCCN1.O=C1NCCO1. The number of thioether (sulfide) groups is 2. The summed E-state index contributed by atoms with van der Waals surface area (Å²) in [4.78, 5) is 37.0. The first-order valence-electron chi connectivity index (χ1n) is 36.8. The van der Waals surface area contributed by atoms with E-state index in [0.717, 1.165) is 92.2 Å². The van der Waals surface area contributed by atoms with Crippen LogP contribution >= 0.6 is 23.5 Å². The van der Waals surface area contributed by atoms with Gasteiger partial charge in [0.25, 0.3) is 6.79 Å². The Morgan fingerprint density at radius 1 is 0.435 bits per heavy atom. The van der Waals surface area contributed by atoms with Crippen molar-refractivity contribution in [2.75, 3.05) is 142 Å². The Morgan fingerprint density at radius 3 is 1.00 bits per heavy atom. The van der Waals surface area contributed by atoms with Crippen molar-refractivity contribution < 1.29 is 47.8 Å². The van der Waals surface area contributed by atoms with Crippen molar-refractivity contribution in [3.63, 3.8) is 0 Å². The predicted octanol–water partition coefficient (Wildman–Crippen LogP) is 19.0. The van der Waals surface area contributed by atoms with E-state index in [2.05, 4.69) is 87.9 Å². The summed E-state index contributed by atoms with van der Waals surface area (Å²) in [6, 6.07) is -0.0463. The minimum absolute atomic E-state index is 0.0463. The second-order valence-corrected chi connectivity index (χ2v) is 12.2. The summed E-state index contributed by atoms with van der Waals surface area (Å²) in [6.45, 7) is 95.2. The molecule has 10 rings (SSSR count). The fraction of sp³-hybridized carbons (Fsp3) is 0.940. The van der Waals surface area contributed by atoms with Gasteiger partial charge in [-0.05, 0) is 6.42 Å². The zero-order valence-corrected chi connectivity index (χ0v) is 71.2. The summed E-state index contributed by atoms with van der Waals surface area (Å²) in [5.41, 5.74) is 7.83. The first-order chi connectivity index (χ1) is 45.8. The largest absolute Gasteiger partial charge is 0.448 e. The van der Waals surface area contributed by atoms with E-state index in [0.29, 0.717) is 26.7 Å². The first-order valence-corrected chi connectivity index (χ1v) is 39.1. The second kappa shape index (κ2) is 256. The van der Waals surface area contributed by atoms with Crippen LogP contribution in [-0.4, -0.2) is 167 Å². The van der Waals surface area contributed by atoms with Gasteiger partial charge in [0.2, 0.25) is 6.40 Å². The highest BCUT2D eigenvalue weighted by Crippen LogP contribution is 2.20. The van der Waals surface area contributed by atoms with E-state index in [1.54, 1.807) is 0 Å². The van der Waals surface area contributed by atoms with Crippen LogP contribution in [-0.2, 0) is 38.2 Å². The summed E-state index contributed by atoms with van der Waals surface area (Å²) >= 11 is 4.07. The minimum atomic E-state index is -0.296. The van der Waals surface area contributed by atoms with Gasteiger partial charge in [-0.3, -0.25) is 21.1 Å². The molecule has 0 aromatic rings. The quantitative estimate of drug-likeness (QED) is 0.109. The molecular weight excluding hydrogens is 1210 g/mol. The third-order valence-electron chi connectivity index (χ3n) is 5.51. The smallest absolute Gasteiger partial charge is 0.407 e. The highest BCUT2D eigenvalue weighted by molar-refractivity contribution is 8.19. The van der Waals surface area contributed by atoms with Gasteiger partial charge in [-0.15, -0.1) is 0 Å².